The number of benzene rings is 2. The summed E-state index contributed by atoms with van der Waals surface area (Å²) < 4.78 is 0. The molecule has 2 aliphatic rings. The maximum atomic E-state index is 10.8. The van der Waals surface area contributed by atoms with Crippen molar-refractivity contribution in [1.29, 1.82) is 0 Å². The summed E-state index contributed by atoms with van der Waals surface area (Å²) >= 11 is 1.81. The molecular weight excluding hydrogens is 358 g/mol. The first-order valence-electron chi connectivity index (χ1n) is 9.41. The highest BCUT2D eigenvalue weighted by Crippen LogP contribution is 2.48. The van der Waals surface area contributed by atoms with Crippen LogP contribution in [0.25, 0.3) is 0 Å². The van der Waals surface area contributed by atoms with E-state index in [2.05, 4.69) is 59.5 Å². The number of fused-ring (bicyclic) bond motifs is 3. The van der Waals surface area contributed by atoms with E-state index in [4.69, 9.17) is 5.11 Å². The minimum absolute atomic E-state index is 0.230. The number of hydrogen-bond donors (Lipinski definition) is 2. The van der Waals surface area contributed by atoms with Crippen molar-refractivity contribution in [2.24, 2.45) is 0 Å². The predicted molar refractivity (Wildman–Crippen MR) is 112 cm³/mol. The lowest BCUT2D eigenvalue weighted by atomic mass is 10.00. The fourth-order valence-corrected chi connectivity index (χ4v) is 4.80. The highest BCUT2D eigenvalue weighted by molar-refractivity contribution is 7.99. The normalized spacial score (nSPS) is 14.7. The smallest absolute Gasteiger partial charge is 0.303 e. The molecule has 0 atom stereocenters. The number of carbonyl (C=O) groups is 1. The van der Waals surface area contributed by atoms with Crippen LogP contribution in [0.1, 0.15) is 24.8 Å². The van der Waals surface area contributed by atoms with E-state index in [9.17, 15) is 4.79 Å². The molecular formula is C21H25N3O2S. The van der Waals surface area contributed by atoms with Gasteiger partial charge in [0.2, 0.25) is 0 Å². The van der Waals surface area contributed by atoms with E-state index < -0.39 is 5.97 Å². The minimum atomic E-state index is -0.717. The molecule has 0 saturated heterocycles. The molecule has 142 valence electrons. The van der Waals surface area contributed by atoms with E-state index >= 15 is 0 Å². The summed E-state index contributed by atoms with van der Waals surface area (Å²) in [5.41, 5.74) is 6.16. The zero-order valence-corrected chi connectivity index (χ0v) is 16.6. The Bertz CT molecular complexity index is 882. The Morgan fingerprint density at radius 3 is 2.81 bits per heavy atom. The van der Waals surface area contributed by atoms with Crippen LogP contribution in [0.3, 0.4) is 0 Å². The van der Waals surface area contributed by atoms with Crippen LogP contribution in [0, 0.1) is 0 Å². The van der Waals surface area contributed by atoms with Gasteiger partial charge in [0.1, 0.15) is 0 Å². The molecule has 0 radical (unpaired) electrons. The van der Waals surface area contributed by atoms with Gasteiger partial charge in [0.15, 0.2) is 0 Å². The van der Waals surface area contributed by atoms with Crippen molar-refractivity contribution in [3.8, 4) is 0 Å². The quantitative estimate of drug-likeness (QED) is 0.673. The van der Waals surface area contributed by atoms with Crippen LogP contribution >= 0.6 is 11.8 Å². The molecule has 2 N–H and O–H groups in total. The summed E-state index contributed by atoms with van der Waals surface area (Å²) in [6, 6.07) is 11.1. The molecule has 2 aromatic carbocycles. The van der Waals surface area contributed by atoms with Gasteiger partial charge in [-0.05, 0) is 55.2 Å². The second-order valence-electron chi connectivity index (χ2n) is 7.37. The van der Waals surface area contributed by atoms with Gasteiger partial charge >= 0.3 is 5.97 Å². The molecule has 4 rings (SSSR count). The standard InChI is InChI=1S/C21H25N3O2S/c1-23(2)15-7-8-16-19(12-15)27-20-13-18-14(11-17(20)22-16)5-3-9-24(18)10-4-6-21(25)26/h7-8,11-13,22H,3-6,9-10H2,1-2H3,(H,25,26). The number of aliphatic carboxylic acids is 1. The van der Waals surface area contributed by atoms with Gasteiger partial charge in [-0.15, -0.1) is 0 Å². The van der Waals surface area contributed by atoms with Crippen molar-refractivity contribution in [1.82, 2.24) is 0 Å². The van der Waals surface area contributed by atoms with Crippen molar-refractivity contribution < 1.29 is 9.90 Å². The van der Waals surface area contributed by atoms with Crippen LogP contribution in [0.2, 0.25) is 0 Å². The van der Waals surface area contributed by atoms with Gasteiger partial charge < -0.3 is 20.2 Å². The van der Waals surface area contributed by atoms with Gasteiger partial charge in [0, 0.05) is 54.8 Å². The summed E-state index contributed by atoms with van der Waals surface area (Å²) in [7, 11) is 4.12. The molecule has 0 bridgehead atoms. The third-order valence-electron chi connectivity index (χ3n) is 5.19. The zero-order chi connectivity index (χ0) is 19.0. The molecule has 2 aliphatic heterocycles. The van der Waals surface area contributed by atoms with E-state index in [1.165, 1.54) is 32.4 Å². The maximum Gasteiger partial charge on any atom is 0.303 e. The third kappa shape index (κ3) is 3.72. The second-order valence-corrected chi connectivity index (χ2v) is 8.45. The maximum absolute atomic E-state index is 10.8. The van der Waals surface area contributed by atoms with Gasteiger partial charge in [-0.3, -0.25) is 4.79 Å². The Balaban J connectivity index is 1.61. The van der Waals surface area contributed by atoms with E-state index in [-0.39, 0.29) is 6.42 Å². The number of hydrogen-bond acceptors (Lipinski definition) is 5. The van der Waals surface area contributed by atoms with Crippen molar-refractivity contribution in [2.45, 2.75) is 35.5 Å². The van der Waals surface area contributed by atoms with E-state index in [0.29, 0.717) is 6.42 Å². The van der Waals surface area contributed by atoms with Gasteiger partial charge in [0.05, 0.1) is 11.4 Å². The van der Waals surface area contributed by atoms with Crippen molar-refractivity contribution in [3.05, 3.63) is 35.9 Å². The average molecular weight is 384 g/mol. The van der Waals surface area contributed by atoms with Crippen LogP contribution in [0.5, 0.6) is 0 Å². The molecule has 6 heteroatoms. The van der Waals surface area contributed by atoms with Crippen molar-refractivity contribution in [3.63, 3.8) is 0 Å². The van der Waals surface area contributed by atoms with Gasteiger partial charge in [-0.1, -0.05) is 11.8 Å². The Morgan fingerprint density at radius 1 is 1.22 bits per heavy atom. The molecule has 0 aromatic heterocycles. The second kappa shape index (κ2) is 7.35. The topological polar surface area (TPSA) is 55.8 Å². The monoisotopic (exact) mass is 383 g/mol. The fourth-order valence-electron chi connectivity index (χ4n) is 3.77. The van der Waals surface area contributed by atoms with Crippen LogP contribution in [0.15, 0.2) is 40.1 Å². The first-order valence-corrected chi connectivity index (χ1v) is 10.2. The molecule has 0 fully saturated rings. The molecule has 2 heterocycles. The Kier molecular flexibility index (Phi) is 4.91. The van der Waals surface area contributed by atoms with Crippen LogP contribution in [0.4, 0.5) is 22.7 Å². The Morgan fingerprint density at radius 2 is 2.04 bits per heavy atom. The number of aryl methyl sites for hydroxylation is 1. The van der Waals surface area contributed by atoms with Crippen LogP contribution in [-0.2, 0) is 11.2 Å². The number of carboxylic acids is 1. The number of carboxylic acid groups (broad SMARTS) is 1. The molecule has 0 spiro atoms. The molecule has 5 nitrogen and oxygen atoms in total. The number of rotatable bonds is 5. The van der Waals surface area contributed by atoms with E-state index in [1.54, 1.807) is 0 Å². The molecule has 0 saturated carbocycles. The lowest BCUT2D eigenvalue weighted by Gasteiger charge is -2.33. The summed E-state index contributed by atoms with van der Waals surface area (Å²) in [6.07, 6.45) is 3.12. The lowest BCUT2D eigenvalue weighted by Crippen LogP contribution is -2.30. The minimum Gasteiger partial charge on any atom is -0.481 e. The number of anilines is 4. The fraction of sp³-hybridized carbons (Fsp3) is 0.381. The van der Waals surface area contributed by atoms with E-state index in [1.807, 2.05) is 11.8 Å². The van der Waals surface area contributed by atoms with E-state index in [0.717, 1.165) is 31.6 Å². The summed E-state index contributed by atoms with van der Waals surface area (Å²) in [5, 5.41) is 12.5. The number of nitrogens with one attached hydrogen (secondary N) is 1. The van der Waals surface area contributed by atoms with Crippen LogP contribution < -0.4 is 15.1 Å². The molecule has 0 aliphatic carbocycles. The van der Waals surface area contributed by atoms with Crippen LogP contribution in [-0.4, -0.2) is 38.3 Å². The largest absolute Gasteiger partial charge is 0.481 e. The summed E-state index contributed by atoms with van der Waals surface area (Å²) in [5.74, 6) is -0.717. The highest BCUT2D eigenvalue weighted by Gasteiger charge is 2.23. The SMILES string of the molecule is CN(C)c1ccc2c(c1)Sc1cc3c(cc1N2)CCCN3CCCC(=O)O. The first-order chi connectivity index (χ1) is 13.0. The summed E-state index contributed by atoms with van der Waals surface area (Å²) in [4.78, 5) is 17.8. The molecule has 0 amide bonds. The molecule has 2 aromatic rings. The van der Waals surface area contributed by atoms with Crippen molar-refractivity contribution in [2.75, 3.05) is 42.3 Å². The molecule has 0 unspecified atom stereocenters. The highest BCUT2D eigenvalue weighted by atomic mass is 32.2. The van der Waals surface area contributed by atoms with Crippen molar-refractivity contribution >= 4 is 40.5 Å². The first kappa shape index (κ1) is 18.0. The Hall–Kier alpha value is -2.34. The number of nitrogens with zero attached hydrogens (tertiary/aromatic N) is 2. The van der Waals surface area contributed by atoms with Gasteiger partial charge in [0.25, 0.3) is 0 Å². The Labute approximate surface area is 164 Å². The third-order valence-corrected chi connectivity index (χ3v) is 6.30. The molecule has 27 heavy (non-hydrogen) atoms. The average Bonchev–Trinajstić information content (AvgIpc) is 2.64. The van der Waals surface area contributed by atoms with Gasteiger partial charge in [-0.2, -0.15) is 0 Å². The van der Waals surface area contributed by atoms with Gasteiger partial charge in [-0.25, -0.2) is 0 Å². The zero-order valence-electron chi connectivity index (χ0n) is 15.8. The summed E-state index contributed by atoms with van der Waals surface area (Å²) in [6.45, 7) is 1.81. The predicted octanol–water partition coefficient (Wildman–Crippen LogP) is 4.58. The lowest BCUT2D eigenvalue weighted by molar-refractivity contribution is -0.137.